The molecule has 0 spiro atoms. The number of nitrogens with one attached hydrogen (secondary N) is 2. The summed E-state index contributed by atoms with van der Waals surface area (Å²) in [5.74, 6) is 0.555. The largest absolute Gasteiger partial charge is 0.444 e. The Morgan fingerprint density at radius 1 is 1.42 bits per heavy atom. The first-order chi connectivity index (χ1) is 8.76. The van der Waals surface area contributed by atoms with Gasteiger partial charge in [-0.2, -0.15) is 0 Å². The zero-order valence-electron chi connectivity index (χ0n) is 12.5. The van der Waals surface area contributed by atoms with Gasteiger partial charge in [0.25, 0.3) is 0 Å². The van der Waals surface area contributed by atoms with Crippen molar-refractivity contribution < 1.29 is 14.6 Å². The number of rotatable bonds is 5. The average molecular weight is 272 g/mol. The van der Waals surface area contributed by atoms with Gasteiger partial charge in [0.05, 0.1) is 6.10 Å². The Labute approximate surface area is 116 Å². The Morgan fingerprint density at radius 2 is 2.11 bits per heavy atom. The van der Waals surface area contributed by atoms with Crippen molar-refractivity contribution in [2.24, 2.45) is 5.92 Å². The van der Waals surface area contributed by atoms with E-state index in [1.807, 2.05) is 27.7 Å². The van der Waals surface area contributed by atoms with Crippen LogP contribution in [-0.2, 0) is 4.74 Å². The Morgan fingerprint density at radius 3 is 2.63 bits per heavy atom. The van der Waals surface area contributed by atoms with Crippen molar-refractivity contribution in [1.29, 1.82) is 0 Å². The van der Waals surface area contributed by atoms with Crippen LogP contribution in [0.25, 0.3) is 0 Å². The standard InChI is InChI=1S/C14H28N2O3/c1-10(8-16-13(18)19-14(2,3)4)15-9-11-5-6-12(17)7-11/h10-12,15,17H,5-9H2,1-4H3,(H,16,18). The second-order valence-electron chi connectivity index (χ2n) is 6.52. The van der Waals surface area contributed by atoms with Crippen molar-refractivity contribution in [2.75, 3.05) is 13.1 Å². The van der Waals surface area contributed by atoms with E-state index in [0.29, 0.717) is 12.5 Å². The van der Waals surface area contributed by atoms with Crippen LogP contribution in [0.5, 0.6) is 0 Å². The molecule has 1 fully saturated rings. The molecule has 5 heteroatoms. The highest BCUT2D eigenvalue weighted by Crippen LogP contribution is 2.24. The lowest BCUT2D eigenvalue weighted by Gasteiger charge is -2.21. The van der Waals surface area contributed by atoms with E-state index in [2.05, 4.69) is 10.6 Å². The fraction of sp³-hybridized carbons (Fsp3) is 0.929. The molecule has 0 aromatic heterocycles. The number of hydrogen-bond acceptors (Lipinski definition) is 4. The Bertz CT molecular complexity index is 289. The molecule has 0 radical (unpaired) electrons. The molecule has 0 heterocycles. The summed E-state index contributed by atoms with van der Waals surface area (Å²) in [6.07, 6.45) is 2.38. The molecular formula is C14H28N2O3. The third-order valence-electron chi connectivity index (χ3n) is 3.22. The molecule has 1 saturated carbocycles. The predicted octanol–water partition coefficient (Wildman–Crippen LogP) is 1.65. The molecule has 1 rings (SSSR count). The molecule has 0 aromatic carbocycles. The van der Waals surface area contributed by atoms with Crippen molar-refractivity contribution in [3.63, 3.8) is 0 Å². The van der Waals surface area contributed by atoms with Gasteiger partial charge < -0.3 is 20.5 Å². The molecule has 0 aliphatic heterocycles. The molecule has 0 saturated heterocycles. The molecule has 0 bridgehead atoms. The summed E-state index contributed by atoms with van der Waals surface area (Å²) in [6.45, 7) is 9.01. The van der Waals surface area contributed by atoms with Crippen molar-refractivity contribution in [3.8, 4) is 0 Å². The minimum absolute atomic E-state index is 0.123. The van der Waals surface area contributed by atoms with E-state index in [9.17, 15) is 9.90 Å². The lowest BCUT2D eigenvalue weighted by atomic mass is 10.1. The van der Waals surface area contributed by atoms with Gasteiger partial charge in [0, 0.05) is 12.6 Å². The number of carbonyl (C=O) groups excluding carboxylic acids is 1. The maximum absolute atomic E-state index is 11.5. The van der Waals surface area contributed by atoms with Crippen LogP contribution in [0.15, 0.2) is 0 Å². The van der Waals surface area contributed by atoms with Gasteiger partial charge in [-0.1, -0.05) is 0 Å². The summed E-state index contributed by atoms with van der Waals surface area (Å²) in [5, 5.41) is 15.6. The minimum Gasteiger partial charge on any atom is -0.444 e. The summed E-state index contributed by atoms with van der Waals surface area (Å²) in [7, 11) is 0. The van der Waals surface area contributed by atoms with Crippen LogP contribution in [0.2, 0.25) is 0 Å². The van der Waals surface area contributed by atoms with Crippen LogP contribution in [0.1, 0.15) is 47.0 Å². The van der Waals surface area contributed by atoms with Gasteiger partial charge in [-0.15, -0.1) is 0 Å². The molecule has 5 nitrogen and oxygen atoms in total. The maximum atomic E-state index is 11.5. The highest BCUT2D eigenvalue weighted by atomic mass is 16.6. The first kappa shape index (κ1) is 16.2. The Hall–Kier alpha value is -0.810. The van der Waals surface area contributed by atoms with Crippen LogP contribution in [0.4, 0.5) is 4.79 Å². The molecule has 3 atom stereocenters. The van der Waals surface area contributed by atoms with Crippen molar-refractivity contribution in [1.82, 2.24) is 10.6 Å². The zero-order valence-corrected chi connectivity index (χ0v) is 12.5. The van der Waals surface area contributed by atoms with Gasteiger partial charge in [0.1, 0.15) is 5.60 Å². The van der Waals surface area contributed by atoms with E-state index in [4.69, 9.17) is 4.74 Å². The molecule has 0 aromatic rings. The Kier molecular flexibility index (Phi) is 6.07. The average Bonchev–Trinajstić information content (AvgIpc) is 2.67. The van der Waals surface area contributed by atoms with E-state index in [1.165, 1.54) is 0 Å². The highest BCUT2D eigenvalue weighted by Gasteiger charge is 2.23. The van der Waals surface area contributed by atoms with Gasteiger partial charge in [-0.25, -0.2) is 4.79 Å². The van der Waals surface area contributed by atoms with Crippen LogP contribution in [0.3, 0.4) is 0 Å². The van der Waals surface area contributed by atoms with E-state index in [0.717, 1.165) is 25.8 Å². The van der Waals surface area contributed by atoms with E-state index >= 15 is 0 Å². The Balaban J connectivity index is 2.10. The molecule has 19 heavy (non-hydrogen) atoms. The second kappa shape index (κ2) is 7.10. The van der Waals surface area contributed by atoms with Gasteiger partial charge in [-0.05, 0) is 59.4 Å². The van der Waals surface area contributed by atoms with E-state index in [-0.39, 0.29) is 18.2 Å². The van der Waals surface area contributed by atoms with Crippen LogP contribution >= 0.6 is 0 Å². The lowest BCUT2D eigenvalue weighted by molar-refractivity contribution is 0.0523. The van der Waals surface area contributed by atoms with E-state index < -0.39 is 5.60 Å². The van der Waals surface area contributed by atoms with Crippen LogP contribution in [0, 0.1) is 5.92 Å². The first-order valence-corrected chi connectivity index (χ1v) is 7.14. The summed E-state index contributed by atoms with van der Waals surface area (Å²) < 4.78 is 5.17. The van der Waals surface area contributed by atoms with Gasteiger partial charge in [0.15, 0.2) is 0 Å². The normalized spacial score (nSPS) is 25.1. The fourth-order valence-corrected chi connectivity index (χ4v) is 2.22. The molecule has 1 aliphatic carbocycles. The fourth-order valence-electron chi connectivity index (χ4n) is 2.22. The van der Waals surface area contributed by atoms with Crippen LogP contribution in [-0.4, -0.2) is 42.0 Å². The number of carbonyl (C=O) groups is 1. The molecule has 3 unspecified atom stereocenters. The van der Waals surface area contributed by atoms with Crippen LogP contribution < -0.4 is 10.6 Å². The van der Waals surface area contributed by atoms with Crippen molar-refractivity contribution >= 4 is 6.09 Å². The second-order valence-corrected chi connectivity index (χ2v) is 6.52. The van der Waals surface area contributed by atoms with Gasteiger partial charge >= 0.3 is 6.09 Å². The minimum atomic E-state index is -0.458. The number of amides is 1. The molecule has 3 N–H and O–H groups in total. The van der Waals surface area contributed by atoms with Crippen molar-refractivity contribution in [3.05, 3.63) is 0 Å². The lowest BCUT2D eigenvalue weighted by Crippen LogP contribution is -2.42. The molecule has 112 valence electrons. The number of hydrogen-bond donors (Lipinski definition) is 3. The van der Waals surface area contributed by atoms with Gasteiger partial charge in [0.2, 0.25) is 0 Å². The van der Waals surface area contributed by atoms with Crippen molar-refractivity contribution in [2.45, 2.75) is 64.7 Å². The van der Waals surface area contributed by atoms with E-state index in [1.54, 1.807) is 0 Å². The quantitative estimate of drug-likeness (QED) is 0.711. The summed E-state index contributed by atoms with van der Waals surface area (Å²) >= 11 is 0. The summed E-state index contributed by atoms with van der Waals surface area (Å²) in [6, 6.07) is 0.199. The molecule has 1 aliphatic rings. The number of alkyl carbamates (subject to hydrolysis) is 1. The first-order valence-electron chi connectivity index (χ1n) is 7.14. The predicted molar refractivity (Wildman–Crippen MR) is 75.0 cm³/mol. The number of aliphatic hydroxyl groups excluding tert-OH is 1. The third-order valence-corrected chi connectivity index (χ3v) is 3.22. The SMILES string of the molecule is CC(CNC(=O)OC(C)(C)C)NCC1CCC(O)C1. The maximum Gasteiger partial charge on any atom is 0.407 e. The number of aliphatic hydroxyl groups is 1. The zero-order chi connectivity index (χ0) is 14.5. The smallest absolute Gasteiger partial charge is 0.407 e. The van der Waals surface area contributed by atoms with Gasteiger partial charge in [-0.3, -0.25) is 0 Å². The third kappa shape index (κ3) is 7.38. The number of ether oxygens (including phenoxy) is 1. The highest BCUT2D eigenvalue weighted by molar-refractivity contribution is 5.67. The molecule has 1 amide bonds. The summed E-state index contributed by atoms with van der Waals surface area (Å²) in [4.78, 5) is 11.5. The molecular weight excluding hydrogens is 244 g/mol. The summed E-state index contributed by atoms with van der Waals surface area (Å²) in [5.41, 5.74) is -0.458. The monoisotopic (exact) mass is 272 g/mol. The topological polar surface area (TPSA) is 70.6 Å².